The number of phenolic OH excluding ortho intramolecular Hbond substituents is 1. The number of phenols is 1. The van der Waals surface area contributed by atoms with Gasteiger partial charge in [0, 0.05) is 5.56 Å². The van der Waals surface area contributed by atoms with E-state index in [2.05, 4.69) is 0 Å². The molecule has 0 saturated heterocycles. The molecule has 0 saturated carbocycles. The molecule has 2 rings (SSSR count). The lowest BCUT2D eigenvalue weighted by molar-refractivity contribution is 0.371. The zero-order valence-corrected chi connectivity index (χ0v) is 7.50. The van der Waals surface area contributed by atoms with Gasteiger partial charge in [-0.15, -0.1) is 0 Å². The van der Waals surface area contributed by atoms with Gasteiger partial charge in [0.05, 0.1) is 7.11 Å². The smallest absolute Gasteiger partial charge is 0.216 e. The van der Waals surface area contributed by atoms with Gasteiger partial charge in [-0.3, -0.25) is 0 Å². The molecule has 1 aromatic carbocycles. The van der Waals surface area contributed by atoms with Crippen LogP contribution in [0, 0.1) is 0 Å². The van der Waals surface area contributed by atoms with Crippen molar-refractivity contribution in [3.8, 4) is 23.0 Å². The number of hydrogen-bond acceptors (Lipinski definition) is 3. The minimum atomic E-state index is 0.0887. The fourth-order valence-electron chi connectivity index (χ4n) is 1.27. The Morgan fingerprint density at radius 3 is 2.85 bits per heavy atom. The zero-order valence-electron chi connectivity index (χ0n) is 7.50. The summed E-state index contributed by atoms with van der Waals surface area (Å²) >= 11 is 0. The number of fused-ring (bicyclic) bond motifs is 1. The molecule has 1 N–H and O–H groups in total. The molecule has 0 spiro atoms. The number of allylic oxidation sites excluding steroid dienone is 1. The average molecular weight is 178 g/mol. The highest BCUT2D eigenvalue weighted by Crippen LogP contribution is 2.58. The summed E-state index contributed by atoms with van der Waals surface area (Å²) in [6.07, 6.45) is 3.82. The van der Waals surface area contributed by atoms with Crippen LogP contribution in [-0.2, 0) is 0 Å². The highest BCUT2D eigenvalue weighted by molar-refractivity contribution is 5.77. The van der Waals surface area contributed by atoms with Crippen molar-refractivity contribution in [2.45, 2.75) is 6.92 Å². The van der Waals surface area contributed by atoms with Crippen LogP contribution in [0.15, 0.2) is 12.1 Å². The van der Waals surface area contributed by atoms with Crippen LogP contribution in [0.3, 0.4) is 0 Å². The fraction of sp³-hybridized carbons (Fsp3) is 0.200. The second kappa shape index (κ2) is 2.69. The largest absolute Gasteiger partial charge is 0.502 e. The van der Waals surface area contributed by atoms with Crippen molar-refractivity contribution in [2.24, 2.45) is 0 Å². The van der Waals surface area contributed by atoms with Gasteiger partial charge in [-0.2, -0.15) is 0 Å². The maximum Gasteiger partial charge on any atom is 0.216 e. The Morgan fingerprint density at radius 2 is 2.23 bits per heavy atom. The van der Waals surface area contributed by atoms with Gasteiger partial charge in [0.2, 0.25) is 11.5 Å². The molecule has 3 heteroatoms. The van der Waals surface area contributed by atoms with Gasteiger partial charge >= 0.3 is 0 Å². The molecule has 68 valence electrons. The van der Waals surface area contributed by atoms with E-state index in [4.69, 9.17) is 9.47 Å². The number of benzene rings is 1. The minimum absolute atomic E-state index is 0.0887. The molecule has 0 atom stereocenters. The van der Waals surface area contributed by atoms with Crippen LogP contribution in [-0.4, -0.2) is 12.2 Å². The van der Waals surface area contributed by atoms with Crippen molar-refractivity contribution in [3.63, 3.8) is 0 Å². The van der Waals surface area contributed by atoms with Crippen molar-refractivity contribution >= 4 is 6.08 Å². The second-order valence-electron chi connectivity index (χ2n) is 2.78. The molecule has 0 radical (unpaired) electrons. The summed E-state index contributed by atoms with van der Waals surface area (Å²) in [6, 6.07) is 1.75. The summed E-state index contributed by atoms with van der Waals surface area (Å²) in [4.78, 5) is 0. The lowest BCUT2D eigenvalue weighted by atomic mass is 10.2. The lowest BCUT2D eigenvalue weighted by Crippen LogP contribution is -1.81. The number of hydrogen-bond donors (Lipinski definition) is 1. The van der Waals surface area contributed by atoms with E-state index in [9.17, 15) is 5.11 Å². The highest BCUT2D eigenvalue weighted by atomic mass is 16.6. The van der Waals surface area contributed by atoms with Gasteiger partial charge in [-0.05, 0) is 13.0 Å². The summed E-state index contributed by atoms with van der Waals surface area (Å²) in [5, 5.41) is 9.47. The van der Waals surface area contributed by atoms with E-state index >= 15 is 0 Å². The SMILES string of the molecule is CC=Cc1cc(OC)c(O)c2c1O2. The lowest BCUT2D eigenvalue weighted by Gasteiger charge is -1.99. The van der Waals surface area contributed by atoms with Gasteiger partial charge in [0.25, 0.3) is 0 Å². The maximum atomic E-state index is 9.47. The summed E-state index contributed by atoms with van der Waals surface area (Å²) < 4.78 is 10.1. The van der Waals surface area contributed by atoms with Crippen LogP contribution < -0.4 is 9.47 Å². The van der Waals surface area contributed by atoms with Crippen molar-refractivity contribution in [1.29, 1.82) is 0 Å². The topological polar surface area (TPSA) is 42.0 Å². The molecule has 1 aliphatic heterocycles. The standard InChI is InChI=1S/C10H10O3/c1-3-4-6-5-7(12-2)8(11)10-9(6)13-10/h3-5,11H,1-2H3. The first-order valence-corrected chi connectivity index (χ1v) is 4.02. The number of rotatable bonds is 2. The van der Waals surface area contributed by atoms with Crippen LogP contribution in [0.25, 0.3) is 6.08 Å². The zero-order chi connectivity index (χ0) is 9.42. The average Bonchev–Trinajstić information content (AvgIpc) is 2.90. The van der Waals surface area contributed by atoms with Gasteiger partial charge in [-0.1, -0.05) is 12.2 Å². The normalized spacial score (nSPS) is 12.5. The summed E-state index contributed by atoms with van der Waals surface area (Å²) in [5.41, 5.74) is 0.937. The molecule has 0 aliphatic carbocycles. The Morgan fingerprint density at radius 1 is 1.46 bits per heavy atom. The third-order valence-corrected chi connectivity index (χ3v) is 1.93. The molecular formula is C10H10O3. The number of ether oxygens (including phenoxy) is 2. The van der Waals surface area contributed by atoms with E-state index in [1.807, 2.05) is 19.1 Å². The second-order valence-corrected chi connectivity index (χ2v) is 2.78. The molecule has 0 unspecified atom stereocenters. The van der Waals surface area contributed by atoms with E-state index in [-0.39, 0.29) is 5.75 Å². The fourth-order valence-corrected chi connectivity index (χ4v) is 1.27. The van der Waals surface area contributed by atoms with Gasteiger partial charge < -0.3 is 14.6 Å². The van der Waals surface area contributed by atoms with Crippen LogP contribution >= 0.6 is 0 Å². The minimum Gasteiger partial charge on any atom is -0.502 e. The highest BCUT2D eigenvalue weighted by Gasteiger charge is 2.31. The molecule has 13 heavy (non-hydrogen) atoms. The van der Waals surface area contributed by atoms with E-state index < -0.39 is 0 Å². The van der Waals surface area contributed by atoms with Gasteiger partial charge in [0.1, 0.15) is 0 Å². The Hall–Kier alpha value is -1.64. The molecule has 1 aromatic rings. The molecule has 1 aliphatic rings. The van der Waals surface area contributed by atoms with Crippen LogP contribution in [0.4, 0.5) is 0 Å². The molecule has 0 amide bonds. The monoisotopic (exact) mass is 178 g/mol. The first kappa shape index (κ1) is 7.98. The van der Waals surface area contributed by atoms with E-state index in [1.54, 1.807) is 6.07 Å². The Labute approximate surface area is 76.2 Å². The summed E-state index contributed by atoms with van der Waals surface area (Å²) in [7, 11) is 1.52. The van der Waals surface area contributed by atoms with E-state index in [0.717, 1.165) is 11.3 Å². The third-order valence-electron chi connectivity index (χ3n) is 1.93. The van der Waals surface area contributed by atoms with Crippen molar-refractivity contribution in [3.05, 3.63) is 17.7 Å². The molecule has 0 fully saturated rings. The molecule has 0 aromatic heterocycles. The van der Waals surface area contributed by atoms with Crippen LogP contribution in [0.1, 0.15) is 12.5 Å². The number of methoxy groups -OCH3 is 1. The Balaban J connectivity index is 2.52. The number of aromatic hydroxyl groups is 1. The predicted molar refractivity (Wildman–Crippen MR) is 49.4 cm³/mol. The van der Waals surface area contributed by atoms with Crippen molar-refractivity contribution < 1.29 is 14.6 Å². The summed E-state index contributed by atoms with van der Waals surface area (Å²) in [6.45, 7) is 1.92. The molecule has 0 bridgehead atoms. The first-order valence-electron chi connectivity index (χ1n) is 4.02. The molecule has 3 nitrogen and oxygen atoms in total. The maximum absolute atomic E-state index is 9.47. The summed E-state index contributed by atoms with van der Waals surface area (Å²) in [5.74, 6) is 1.82. The van der Waals surface area contributed by atoms with Crippen molar-refractivity contribution in [1.82, 2.24) is 0 Å². The van der Waals surface area contributed by atoms with E-state index in [1.165, 1.54) is 7.11 Å². The predicted octanol–water partition coefficient (Wildman–Crippen LogP) is 2.54. The van der Waals surface area contributed by atoms with Gasteiger partial charge in [-0.25, -0.2) is 0 Å². The quantitative estimate of drug-likeness (QED) is 0.718. The third kappa shape index (κ3) is 1.13. The Kier molecular flexibility index (Phi) is 1.65. The Bertz CT molecular complexity index is 380. The molecular weight excluding hydrogens is 168 g/mol. The first-order chi connectivity index (χ1) is 6.27. The van der Waals surface area contributed by atoms with Gasteiger partial charge in [0.15, 0.2) is 11.5 Å². The molecule has 1 heterocycles. The van der Waals surface area contributed by atoms with Crippen molar-refractivity contribution in [2.75, 3.05) is 7.11 Å². The van der Waals surface area contributed by atoms with Crippen LogP contribution in [0.5, 0.6) is 23.0 Å². The van der Waals surface area contributed by atoms with E-state index in [0.29, 0.717) is 11.5 Å². The van der Waals surface area contributed by atoms with Crippen LogP contribution in [0.2, 0.25) is 0 Å².